The predicted molar refractivity (Wildman–Crippen MR) is 72.8 cm³/mol. The standard InChI is InChI=1S/C6H3Cl6N3OS/c1-15(3(16)6(10,11)12)4-13-2(14-17-4)5(7,8)9/h1H3. The van der Waals surface area contributed by atoms with Crippen molar-refractivity contribution in [1.82, 2.24) is 9.36 Å². The van der Waals surface area contributed by atoms with Crippen molar-refractivity contribution in [2.75, 3.05) is 11.9 Å². The van der Waals surface area contributed by atoms with Crippen molar-refractivity contribution in [3.8, 4) is 0 Å². The predicted octanol–water partition coefficient (Wildman–Crippen LogP) is 3.70. The highest BCUT2D eigenvalue weighted by Crippen LogP contribution is 2.38. The second-order valence-corrected chi connectivity index (χ2v) is 8.05. The summed E-state index contributed by atoms with van der Waals surface area (Å²) < 4.78 is -0.0635. The maximum absolute atomic E-state index is 11.6. The third kappa shape index (κ3) is 4.13. The molecule has 0 aliphatic carbocycles. The van der Waals surface area contributed by atoms with Crippen LogP contribution in [0.3, 0.4) is 0 Å². The second-order valence-electron chi connectivity index (χ2n) is 2.76. The summed E-state index contributed by atoms with van der Waals surface area (Å²) in [6, 6.07) is 0. The molecule has 4 nitrogen and oxygen atoms in total. The van der Waals surface area contributed by atoms with Crippen LogP contribution in [0.2, 0.25) is 0 Å². The number of hydrogen-bond donors (Lipinski definition) is 0. The van der Waals surface area contributed by atoms with E-state index in [-0.39, 0.29) is 11.0 Å². The Morgan fingerprint density at radius 1 is 1.24 bits per heavy atom. The highest BCUT2D eigenvalue weighted by atomic mass is 35.6. The molecule has 0 spiro atoms. The Morgan fingerprint density at radius 3 is 2.12 bits per heavy atom. The van der Waals surface area contributed by atoms with Gasteiger partial charge in [0.2, 0.25) is 5.13 Å². The third-order valence-electron chi connectivity index (χ3n) is 1.50. The van der Waals surface area contributed by atoms with Gasteiger partial charge in [-0.1, -0.05) is 69.6 Å². The lowest BCUT2D eigenvalue weighted by Crippen LogP contribution is -2.36. The van der Waals surface area contributed by atoms with Crippen LogP contribution in [0.15, 0.2) is 0 Å². The summed E-state index contributed by atoms with van der Waals surface area (Å²) in [6.45, 7) is 0. The number of aromatic nitrogens is 2. The van der Waals surface area contributed by atoms with Gasteiger partial charge in [0.05, 0.1) is 0 Å². The van der Waals surface area contributed by atoms with Gasteiger partial charge in [0.1, 0.15) is 0 Å². The summed E-state index contributed by atoms with van der Waals surface area (Å²) in [5.74, 6) is -0.832. The van der Waals surface area contributed by atoms with Gasteiger partial charge in [-0.05, 0) is 0 Å². The van der Waals surface area contributed by atoms with Crippen molar-refractivity contribution in [3.63, 3.8) is 0 Å². The van der Waals surface area contributed by atoms with E-state index in [9.17, 15) is 4.79 Å². The highest BCUT2D eigenvalue weighted by molar-refractivity contribution is 7.10. The van der Waals surface area contributed by atoms with E-state index in [0.29, 0.717) is 0 Å². The Balaban J connectivity index is 2.95. The first kappa shape index (κ1) is 15.8. The zero-order valence-corrected chi connectivity index (χ0v) is 13.3. The largest absolute Gasteiger partial charge is 0.286 e. The lowest BCUT2D eigenvalue weighted by atomic mass is 10.6. The summed E-state index contributed by atoms with van der Waals surface area (Å²) in [5, 5.41) is 0.155. The number of hydrogen-bond acceptors (Lipinski definition) is 4. The summed E-state index contributed by atoms with van der Waals surface area (Å²) in [5.41, 5.74) is 0. The fourth-order valence-corrected chi connectivity index (χ4v) is 2.21. The van der Waals surface area contributed by atoms with Crippen molar-refractivity contribution >= 4 is 92.2 Å². The first-order valence-corrected chi connectivity index (χ1v) is 6.83. The lowest BCUT2D eigenvalue weighted by molar-refractivity contribution is -0.117. The molecular weight excluding hydrogens is 375 g/mol. The van der Waals surface area contributed by atoms with E-state index in [2.05, 4.69) is 9.36 Å². The summed E-state index contributed by atoms with van der Waals surface area (Å²) >= 11 is 33.9. The second kappa shape index (κ2) is 5.41. The van der Waals surface area contributed by atoms with E-state index in [4.69, 9.17) is 69.6 Å². The number of nitrogens with zero attached hydrogens (tertiary/aromatic N) is 3. The van der Waals surface area contributed by atoms with Crippen LogP contribution in [0.4, 0.5) is 5.13 Å². The highest BCUT2D eigenvalue weighted by Gasteiger charge is 2.36. The van der Waals surface area contributed by atoms with Gasteiger partial charge in [0.25, 0.3) is 13.5 Å². The van der Waals surface area contributed by atoms with E-state index in [1.54, 1.807) is 0 Å². The normalized spacial score (nSPS) is 12.6. The molecule has 0 aromatic carbocycles. The smallest absolute Gasteiger partial charge is 0.280 e. The summed E-state index contributed by atoms with van der Waals surface area (Å²) in [7, 11) is 1.37. The maximum Gasteiger partial charge on any atom is 0.280 e. The third-order valence-corrected chi connectivity index (χ3v) is 3.29. The van der Waals surface area contributed by atoms with E-state index in [1.165, 1.54) is 7.05 Å². The molecule has 0 aliphatic rings. The quantitative estimate of drug-likeness (QED) is 0.701. The van der Waals surface area contributed by atoms with Gasteiger partial charge in [0.15, 0.2) is 5.82 Å². The van der Waals surface area contributed by atoms with Crippen LogP contribution < -0.4 is 4.90 Å². The first-order valence-electron chi connectivity index (χ1n) is 3.79. The molecule has 0 atom stereocenters. The Bertz CT molecular complexity index is 424. The van der Waals surface area contributed by atoms with Gasteiger partial charge in [0, 0.05) is 18.6 Å². The van der Waals surface area contributed by atoms with Crippen molar-refractivity contribution in [3.05, 3.63) is 5.82 Å². The molecule has 0 aliphatic heterocycles. The molecule has 0 bridgehead atoms. The number of carbonyl (C=O) groups excluding carboxylic acids is 1. The molecule has 11 heteroatoms. The average Bonchev–Trinajstić information content (AvgIpc) is 2.61. The summed E-state index contributed by atoms with van der Waals surface area (Å²) in [6.07, 6.45) is 0. The molecule has 0 saturated heterocycles. The monoisotopic (exact) mass is 375 g/mol. The zero-order chi connectivity index (χ0) is 13.4. The molecular formula is C6H3Cl6N3OS. The molecule has 0 saturated carbocycles. The van der Waals surface area contributed by atoms with Crippen LogP contribution in [0.5, 0.6) is 0 Å². The molecule has 96 valence electrons. The van der Waals surface area contributed by atoms with E-state index >= 15 is 0 Å². The molecule has 17 heavy (non-hydrogen) atoms. The average molecular weight is 378 g/mol. The van der Waals surface area contributed by atoms with E-state index in [0.717, 1.165) is 16.4 Å². The number of alkyl halides is 6. The Labute approximate surface area is 131 Å². The minimum atomic E-state index is -2.08. The van der Waals surface area contributed by atoms with Gasteiger partial charge in [-0.25, -0.2) is 0 Å². The molecule has 0 fully saturated rings. The first-order chi connectivity index (χ1) is 7.53. The lowest BCUT2D eigenvalue weighted by Gasteiger charge is -2.18. The van der Waals surface area contributed by atoms with Gasteiger partial charge in [-0.2, -0.15) is 9.36 Å². The van der Waals surface area contributed by atoms with Crippen molar-refractivity contribution in [1.29, 1.82) is 0 Å². The number of anilines is 1. The van der Waals surface area contributed by atoms with E-state index in [1.807, 2.05) is 0 Å². The van der Waals surface area contributed by atoms with Gasteiger partial charge in [-0.3, -0.25) is 9.69 Å². The number of carbonyl (C=O) groups is 1. The molecule has 1 aromatic rings. The van der Waals surface area contributed by atoms with Gasteiger partial charge < -0.3 is 0 Å². The van der Waals surface area contributed by atoms with Crippen molar-refractivity contribution in [2.45, 2.75) is 7.59 Å². The fraction of sp³-hybridized carbons (Fsp3) is 0.500. The van der Waals surface area contributed by atoms with Crippen LogP contribution in [0, 0.1) is 0 Å². The topological polar surface area (TPSA) is 46.1 Å². The van der Waals surface area contributed by atoms with Crippen LogP contribution in [0.25, 0.3) is 0 Å². The van der Waals surface area contributed by atoms with Crippen LogP contribution in [-0.4, -0.2) is 26.1 Å². The fourth-order valence-electron chi connectivity index (χ4n) is 0.744. The van der Waals surface area contributed by atoms with Gasteiger partial charge in [-0.15, -0.1) is 0 Å². The Hall–Kier alpha value is 0.770. The SMILES string of the molecule is CN(C(=O)C(Cl)(Cl)Cl)c1nc(C(Cl)(Cl)Cl)ns1. The minimum Gasteiger partial charge on any atom is -0.286 e. The molecule has 0 unspecified atom stereocenters. The molecule has 1 aromatic heterocycles. The Morgan fingerprint density at radius 2 is 1.76 bits per heavy atom. The Kier molecular flexibility index (Phi) is 5.03. The minimum absolute atomic E-state index is 0.0496. The number of amides is 1. The van der Waals surface area contributed by atoms with Gasteiger partial charge >= 0.3 is 0 Å². The van der Waals surface area contributed by atoms with E-state index < -0.39 is 13.5 Å². The van der Waals surface area contributed by atoms with Crippen LogP contribution in [0.1, 0.15) is 5.82 Å². The molecule has 0 N–H and O–H groups in total. The number of rotatable bonds is 1. The number of halogens is 6. The van der Waals surface area contributed by atoms with Crippen LogP contribution >= 0.6 is 81.1 Å². The molecule has 1 amide bonds. The molecule has 1 heterocycles. The molecule has 1 rings (SSSR count). The molecule has 0 radical (unpaired) electrons. The van der Waals surface area contributed by atoms with Crippen LogP contribution in [-0.2, 0) is 8.59 Å². The summed E-state index contributed by atoms with van der Waals surface area (Å²) in [4.78, 5) is 16.5. The van der Waals surface area contributed by atoms with Crippen molar-refractivity contribution < 1.29 is 4.79 Å². The van der Waals surface area contributed by atoms with Crippen molar-refractivity contribution in [2.24, 2.45) is 0 Å². The zero-order valence-electron chi connectivity index (χ0n) is 7.93. The maximum atomic E-state index is 11.6.